The number of ether oxygens (including phenoxy) is 5. The number of para-hydroxylation sites is 1. The van der Waals surface area contributed by atoms with Crippen molar-refractivity contribution in [1.82, 2.24) is 0 Å². The third kappa shape index (κ3) is 7.89. The highest BCUT2D eigenvalue weighted by Gasteiger charge is 2.33. The van der Waals surface area contributed by atoms with E-state index in [1.54, 1.807) is 0 Å². The minimum absolute atomic E-state index is 0.204. The molecule has 0 N–H and O–H groups in total. The Labute approximate surface area is 176 Å². The third-order valence-electron chi connectivity index (χ3n) is 5.71. The molecule has 3 unspecified atom stereocenters. The topological polar surface area (TPSA) is 46.2 Å². The lowest BCUT2D eigenvalue weighted by Gasteiger charge is -2.21. The molecule has 3 atom stereocenters. The van der Waals surface area contributed by atoms with Crippen LogP contribution in [0.5, 0.6) is 5.75 Å². The molecule has 1 aromatic rings. The first-order valence-electron chi connectivity index (χ1n) is 11.1. The summed E-state index contributed by atoms with van der Waals surface area (Å²) in [5.41, 5.74) is 0. The molecule has 164 valence electrons. The van der Waals surface area contributed by atoms with Gasteiger partial charge in [-0.25, -0.2) is 0 Å². The highest BCUT2D eigenvalue weighted by Crippen LogP contribution is 2.30. The first-order chi connectivity index (χ1) is 13.8. The molecular formula is C24H38O5. The summed E-state index contributed by atoms with van der Waals surface area (Å²) < 4.78 is 29.3. The van der Waals surface area contributed by atoms with Gasteiger partial charge in [-0.05, 0) is 71.4 Å². The summed E-state index contributed by atoms with van der Waals surface area (Å²) in [7, 11) is 0. The lowest BCUT2D eigenvalue weighted by Crippen LogP contribution is -2.22. The zero-order valence-electron chi connectivity index (χ0n) is 18.5. The lowest BCUT2D eigenvalue weighted by atomic mass is 9.92. The Balaban J connectivity index is 1.42. The molecule has 2 aliphatic rings. The molecule has 0 radical (unpaired) electrons. The molecular weight excluding hydrogens is 368 g/mol. The molecule has 1 aromatic carbocycles. The van der Waals surface area contributed by atoms with Gasteiger partial charge in [0.2, 0.25) is 0 Å². The molecule has 2 heterocycles. The van der Waals surface area contributed by atoms with Gasteiger partial charge in [0, 0.05) is 0 Å². The van der Waals surface area contributed by atoms with Crippen molar-refractivity contribution in [2.45, 2.75) is 90.0 Å². The maximum Gasteiger partial charge on any atom is 0.163 e. The van der Waals surface area contributed by atoms with Crippen molar-refractivity contribution >= 4 is 0 Å². The van der Waals surface area contributed by atoms with Crippen molar-refractivity contribution in [2.75, 3.05) is 19.8 Å². The molecule has 0 aromatic heterocycles. The van der Waals surface area contributed by atoms with Gasteiger partial charge < -0.3 is 23.7 Å². The zero-order valence-corrected chi connectivity index (χ0v) is 18.5. The van der Waals surface area contributed by atoms with Gasteiger partial charge in [-0.3, -0.25) is 0 Å². The standard InChI is InChI=1S/C24H38O5/c1-23(2)26-17-21(28-23)12-8-9-19(13-14-22-18-27-24(3,4)29-22)15-16-25-20-10-6-5-7-11-20/h5-7,10-11,19,21-22H,8-9,12-18H2,1-4H3. The van der Waals surface area contributed by atoms with Crippen molar-refractivity contribution in [2.24, 2.45) is 5.92 Å². The molecule has 0 amide bonds. The number of rotatable bonds is 11. The Morgan fingerprint density at radius 1 is 0.862 bits per heavy atom. The van der Waals surface area contributed by atoms with E-state index in [9.17, 15) is 0 Å². The molecule has 0 bridgehead atoms. The fraction of sp³-hybridized carbons (Fsp3) is 0.750. The quantitative estimate of drug-likeness (QED) is 0.497. The van der Waals surface area contributed by atoms with Crippen LogP contribution in [-0.2, 0) is 18.9 Å². The Kier molecular flexibility index (Phi) is 7.97. The first kappa shape index (κ1) is 22.5. The van der Waals surface area contributed by atoms with E-state index in [0.717, 1.165) is 44.5 Å². The van der Waals surface area contributed by atoms with E-state index in [2.05, 4.69) is 0 Å². The Morgan fingerprint density at radius 3 is 2.07 bits per heavy atom. The third-order valence-corrected chi connectivity index (χ3v) is 5.71. The predicted octanol–water partition coefficient (Wildman–Crippen LogP) is 5.33. The van der Waals surface area contributed by atoms with Crippen LogP contribution in [0.25, 0.3) is 0 Å². The van der Waals surface area contributed by atoms with E-state index in [0.29, 0.717) is 19.1 Å². The van der Waals surface area contributed by atoms with Crippen LogP contribution in [0.2, 0.25) is 0 Å². The van der Waals surface area contributed by atoms with Crippen LogP contribution in [0.4, 0.5) is 0 Å². The van der Waals surface area contributed by atoms with Crippen LogP contribution >= 0.6 is 0 Å². The second-order valence-corrected chi connectivity index (χ2v) is 9.23. The van der Waals surface area contributed by atoms with Gasteiger partial charge in [0.15, 0.2) is 11.6 Å². The van der Waals surface area contributed by atoms with E-state index < -0.39 is 11.6 Å². The number of benzene rings is 1. The van der Waals surface area contributed by atoms with E-state index in [-0.39, 0.29) is 12.2 Å². The Bertz CT molecular complexity index is 601. The van der Waals surface area contributed by atoms with Crippen molar-refractivity contribution in [3.05, 3.63) is 30.3 Å². The van der Waals surface area contributed by atoms with E-state index in [1.165, 1.54) is 6.42 Å². The first-order valence-corrected chi connectivity index (χ1v) is 11.1. The minimum atomic E-state index is -0.441. The predicted molar refractivity (Wildman–Crippen MR) is 113 cm³/mol. The van der Waals surface area contributed by atoms with E-state index in [1.807, 2.05) is 58.0 Å². The molecule has 2 fully saturated rings. The van der Waals surface area contributed by atoms with Gasteiger partial charge in [0.25, 0.3) is 0 Å². The van der Waals surface area contributed by atoms with Gasteiger partial charge in [-0.15, -0.1) is 0 Å². The summed E-state index contributed by atoms with van der Waals surface area (Å²) in [6, 6.07) is 10.1. The molecule has 3 rings (SSSR count). The largest absolute Gasteiger partial charge is 0.494 e. The molecule has 5 nitrogen and oxygen atoms in total. The minimum Gasteiger partial charge on any atom is -0.494 e. The number of hydrogen-bond acceptors (Lipinski definition) is 5. The van der Waals surface area contributed by atoms with Crippen LogP contribution in [0, 0.1) is 5.92 Å². The zero-order chi connectivity index (χ0) is 20.7. The van der Waals surface area contributed by atoms with Gasteiger partial charge in [-0.1, -0.05) is 31.0 Å². The van der Waals surface area contributed by atoms with E-state index >= 15 is 0 Å². The number of hydrogen-bond donors (Lipinski definition) is 0. The summed E-state index contributed by atoms with van der Waals surface area (Å²) in [5, 5.41) is 0. The van der Waals surface area contributed by atoms with E-state index in [4.69, 9.17) is 23.7 Å². The SMILES string of the molecule is CC1(C)OCC(CCCC(CCOc2ccccc2)CCC2COC(C)(C)O2)O1. The average Bonchev–Trinajstić information content (AvgIpc) is 3.20. The monoisotopic (exact) mass is 406 g/mol. The molecule has 2 saturated heterocycles. The molecule has 0 aliphatic carbocycles. The van der Waals surface area contributed by atoms with Crippen molar-refractivity contribution < 1.29 is 23.7 Å². The summed E-state index contributed by atoms with van der Waals surface area (Å²) in [6.45, 7) is 10.1. The van der Waals surface area contributed by atoms with Crippen molar-refractivity contribution in [1.29, 1.82) is 0 Å². The van der Waals surface area contributed by atoms with Gasteiger partial charge in [-0.2, -0.15) is 0 Å². The lowest BCUT2D eigenvalue weighted by molar-refractivity contribution is -0.140. The normalized spacial score (nSPS) is 26.5. The van der Waals surface area contributed by atoms with Crippen LogP contribution in [0.1, 0.15) is 66.2 Å². The van der Waals surface area contributed by atoms with Gasteiger partial charge >= 0.3 is 0 Å². The van der Waals surface area contributed by atoms with Crippen LogP contribution in [0.3, 0.4) is 0 Å². The van der Waals surface area contributed by atoms with Crippen LogP contribution in [0.15, 0.2) is 30.3 Å². The molecule has 0 spiro atoms. The molecule has 2 aliphatic heterocycles. The Hall–Kier alpha value is -1.14. The second-order valence-electron chi connectivity index (χ2n) is 9.23. The Morgan fingerprint density at radius 2 is 1.48 bits per heavy atom. The van der Waals surface area contributed by atoms with Crippen molar-refractivity contribution in [3.8, 4) is 5.75 Å². The highest BCUT2D eigenvalue weighted by atomic mass is 16.7. The smallest absolute Gasteiger partial charge is 0.163 e. The summed E-state index contributed by atoms with van der Waals surface area (Å²) in [6.07, 6.45) is 7.02. The maximum atomic E-state index is 5.99. The molecule has 0 saturated carbocycles. The summed E-state index contributed by atoms with van der Waals surface area (Å²) in [5.74, 6) is 0.685. The fourth-order valence-corrected chi connectivity index (χ4v) is 4.16. The van der Waals surface area contributed by atoms with Gasteiger partial charge in [0.1, 0.15) is 5.75 Å². The van der Waals surface area contributed by atoms with Crippen LogP contribution < -0.4 is 4.74 Å². The summed E-state index contributed by atoms with van der Waals surface area (Å²) in [4.78, 5) is 0. The van der Waals surface area contributed by atoms with Crippen LogP contribution in [-0.4, -0.2) is 43.6 Å². The second kappa shape index (κ2) is 10.3. The summed E-state index contributed by atoms with van der Waals surface area (Å²) >= 11 is 0. The molecule has 29 heavy (non-hydrogen) atoms. The average molecular weight is 407 g/mol. The molecule has 5 heteroatoms. The highest BCUT2D eigenvalue weighted by molar-refractivity contribution is 5.20. The fourth-order valence-electron chi connectivity index (χ4n) is 4.16. The maximum absolute atomic E-state index is 5.99. The van der Waals surface area contributed by atoms with Gasteiger partial charge in [0.05, 0.1) is 32.0 Å². The van der Waals surface area contributed by atoms with Crippen molar-refractivity contribution in [3.63, 3.8) is 0 Å².